The summed E-state index contributed by atoms with van der Waals surface area (Å²) >= 11 is 0. The van der Waals surface area contributed by atoms with Gasteiger partial charge in [0.25, 0.3) is 0 Å². The SMILES string of the molecule is Cl.O=C(O)N1CCc2ccccc2C1c1ccccc1. The number of hydrogen-bond donors (Lipinski definition) is 1. The molecule has 0 fully saturated rings. The molecule has 0 spiro atoms. The molecule has 1 heterocycles. The van der Waals surface area contributed by atoms with Gasteiger partial charge < -0.3 is 5.11 Å². The first kappa shape index (κ1) is 14.4. The van der Waals surface area contributed by atoms with Crippen molar-refractivity contribution in [3.8, 4) is 0 Å². The minimum atomic E-state index is -0.858. The highest BCUT2D eigenvalue weighted by molar-refractivity contribution is 5.85. The summed E-state index contributed by atoms with van der Waals surface area (Å²) in [7, 11) is 0. The van der Waals surface area contributed by atoms with Gasteiger partial charge in [0.05, 0.1) is 6.04 Å². The molecule has 104 valence electrons. The van der Waals surface area contributed by atoms with Crippen LogP contribution in [0.5, 0.6) is 0 Å². The lowest BCUT2D eigenvalue weighted by Gasteiger charge is -2.35. The first-order valence-electron chi connectivity index (χ1n) is 6.39. The molecule has 1 N–H and O–H groups in total. The van der Waals surface area contributed by atoms with Crippen LogP contribution in [0.2, 0.25) is 0 Å². The quantitative estimate of drug-likeness (QED) is 0.869. The van der Waals surface area contributed by atoms with Crippen LogP contribution in [0.15, 0.2) is 54.6 Å². The van der Waals surface area contributed by atoms with E-state index in [9.17, 15) is 9.90 Å². The van der Waals surface area contributed by atoms with Gasteiger partial charge in [0.15, 0.2) is 0 Å². The van der Waals surface area contributed by atoms with E-state index in [0.717, 1.165) is 17.5 Å². The van der Waals surface area contributed by atoms with E-state index in [-0.39, 0.29) is 18.4 Å². The standard InChI is InChI=1S/C16H15NO2.ClH/c18-16(19)17-11-10-12-6-4-5-9-14(12)15(17)13-7-2-1-3-8-13;/h1-9,15H,10-11H2,(H,18,19);1H. The van der Waals surface area contributed by atoms with Crippen LogP contribution in [0.4, 0.5) is 4.79 Å². The Morgan fingerprint density at radius 2 is 1.70 bits per heavy atom. The van der Waals surface area contributed by atoms with Crippen LogP contribution in [0, 0.1) is 0 Å². The number of carbonyl (C=O) groups is 1. The molecule has 2 aromatic rings. The number of hydrogen-bond acceptors (Lipinski definition) is 1. The normalized spacial score (nSPS) is 17.0. The second kappa shape index (κ2) is 5.97. The van der Waals surface area contributed by atoms with E-state index >= 15 is 0 Å². The second-order valence-corrected chi connectivity index (χ2v) is 4.74. The summed E-state index contributed by atoms with van der Waals surface area (Å²) in [6.45, 7) is 0.548. The van der Waals surface area contributed by atoms with Crippen LogP contribution in [0.1, 0.15) is 22.7 Å². The minimum Gasteiger partial charge on any atom is -0.465 e. The summed E-state index contributed by atoms with van der Waals surface area (Å²) in [6.07, 6.45) is -0.0745. The van der Waals surface area contributed by atoms with Crippen molar-refractivity contribution in [2.75, 3.05) is 6.54 Å². The maximum atomic E-state index is 11.5. The summed E-state index contributed by atoms with van der Waals surface area (Å²) in [5.74, 6) is 0. The Bertz CT molecular complexity index is 600. The molecule has 3 nitrogen and oxygen atoms in total. The molecule has 2 aromatic carbocycles. The number of amides is 1. The van der Waals surface area contributed by atoms with Crippen LogP contribution < -0.4 is 0 Å². The summed E-state index contributed by atoms with van der Waals surface area (Å²) in [6, 6.07) is 17.7. The van der Waals surface area contributed by atoms with Gasteiger partial charge in [-0.2, -0.15) is 0 Å². The van der Waals surface area contributed by atoms with Gasteiger partial charge in [0.1, 0.15) is 0 Å². The molecule has 3 rings (SSSR count). The monoisotopic (exact) mass is 289 g/mol. The van der Waals surface area contributed by atoms with E-state index in [1.54, 1.807) is 0 Å². The largest absolute Gasteiger partial charge is 0.465 e. The van der Waals surface area contributed by atoms with Crippen molar-refractivity contribution in [3.63, 3.8) is 0 Å². The van der Waals surface area contributed by atoms with Crippen molar-refractivity contribution < 1.29 is 9.90 Å². The highest BCUT2D eigenvalue weighted by Crippen LogP contribution is 2.34. The summed E-state index contributed by atoms with van der Waals surface area (Å²) < 4.78 is 0. The molecule has 1 amide bonds. The molecule has 0 aromatic heterocycles. The predicted octanol–water partition coefficient (Wildman–Crippen LogP) is 3.73. The van der Waals surface area contributed by atoms with Gasteiger partial charge >= 0.3 is 6.09 Å². The second-order valence-electron chi connectivity index (χ2n) is 4.74. The third-order valence-electron chi connectivity index (χ3n) is 3.64. The molecule has 4 heteroatoms. The third kappa shape index (κ3) is 2.49. The highest BCUT2D eigenvalue weighted by atomic mass is 35.5. The van der Waals surface area contributed by atoms with Gasteiger partial charge in [-0.25, -0.2) is 4.79 Å². The lowest BCUT2D eigenvalue weighted by molar-refractivity contribution is 0.129. The van der Waals surface area contributed by atoms with Gasteiger partial charge in [-0.15, -0.1) is 12.4 Å². The van der Waals surface area contributed by atoms with Gasteiger partial charge in [-0.3, -0.25) is 4.90 Å². The van der Waals surface area contributed by atoms with Crippen LogP contribution in [-0.4, -0.2) is 22.6 Å². The van der Waals surface area contributed by atoms with Gasteiger partial charge in [-0.1, -0.05) is 54.6 Å². The number of halogens is 1. The summed E-state index contributed by atoms with van der Waals surface area (Å²) in [4.78, 5) is 13.0. The van der Waals surface area contributed by atoms with Crippen molar-refractivity contribution in [2.45, 2.75) is 12.5 Å². The zero-order valence-corrected chi connectivity index (χ0v) is 11.7. The van der Waals surface area contributed by atoms with E-state index in [1.165, 1.54) is 10.5 Å². The molecule has 0 radical (unpaired) electrons. The molecule has 0 saturated heterocycles. The van der Waals surface area contributed by atoms with Crippen LogP contribution in [-0.2, 0) is 6.42 Å². The van der Waals surface area contributed by atoms with E-state index < -0.39 is 6.09 Å². The van der Waals surface area contributed by atoms with Crippen molar-refractivity contribution in [1.29, 1.82) is 0 Å². The number of benzene rings is 2. The minimum absolute atomic E-state index is 0. The van der Waals surface area contributed by atoms with Gasteiger partial charge in [0, 0.05) is 6.54 Å². The van der Waals surface area contributed by atoms with E-state index in [2.05, 4.69) is 6.07 Å². The molecule has 1 unspecified atom stereocenters. The zero-order valence-electron chi connectivity index (χ0n) is 10.9. The van der Waals surface area contributed by atoms with E-state index in [4.69, 9.17) is 0 Å². The first-order valence-corrected chi connectivity index (χ1v) is 6.39. The van der Waals surface area contributed by atoms with Gasteiger partial charge in [0.2, 0.25) is 0 Å². The predicted molar refractivity (Wildman–Crippen MR) is 80.4 cm³/mol. The number of rotatable bonds is 1. The fourth-order valence-corrected chi connectivity index (χ4v) is 2.77. The number of carboxylic acid groups (broad SMARTS) is 1. The first-order chi connectivity index (χ1) is 9.27. The topological polar surface area (TPSA) is 40.5 Å². The molecule has 1 aliphatic heterocycles. The Morgan fingerprint density at radius 3 is 2.40 bits per heavy atom. The smallest absolute Gasteiger partial charge is 0.408 e. The van der Waals surface area contributed by atoms with Crippen molar-refractivity contribution >= 4 is 18.5 Å². The van der Waals surface area contributed by atoms with Crippen LogP contribution in [0.25, 0.3) is 0 Å². The van der Waals surface area contributed by atoms with E-state index in [0.29, 0.717) is 6.54 Å². The fraction of sp³-hybridized carbons (Fsp3) is 0.188. The molecule has 1 aliphatic rings. The van der Waals surface area contributed by atoms with Crippen molar-refractivity contribution in [2.24, 2.45) is 0 Å². The van der Waals surface area contributed by atoms with Crippen LogP contribution in [0.3, 0.4) is 0 Å². The number of fused-ring (bicyclic) bond motifs is 1. The summed E-state index contributed by atoms with van der Waals surface area (Å²) in [5.41, 5.74) is 3.37. The Kier molecular flexibility index (Phi) is 4.30. The van der Waals surface area contributed by atoms with E-state index in [1.807, 2.05) is 48.5 Å². The summed E-state index contributed by atoms with van der Waals surface area (Å²) in [5, 5.41) is 9.42. The highest BCUT2D eigenvalue weighted by Gasteiger charge is 2.31. The van der Waals surface area contributed by atoms with Gasteiger partial charge in [-0.05, 0) is 23.1 Å². The Balaban J connectivity index is 0.00000147. The maximum absolute atomic E-state index is 11.5. The Hall–Kier alpha value is -2.00. The molecule has 1 atom stereocenters. The molecule has 0 aliphatic carbocycles. The Morgan fingerprint density at radius 1 is 1.05 bits per heavy atom. The lowest BCUT2D eigenvalue weighted by Crippen LogP contribution is -2.39. The van der Waals surface area contributed by atoms with Crippen LogP contribution >= 0.6 is 12.4 Å². The number of nitrogens with zero attached hydrogens (tertiary/aromatic N) is 1. The zero-order chi connectivity index (χ0) is 13.2. The molecule has 0 saturated carbocycles. The van der Waals surface area contributed by atoms with Crippen molar-refractivity contribution in [3.05, 3.63) is 71.3 Å². The lowest BCUT2D eigenvalue weighted by atomic mass is 9.88. The fourth-order valence-electron chi connectivity index (χ4n) is 2.77. The molecule has 20 heavy (non-hydrogen) atoms. The average Bonchev–Trinajstić information content (AvgIpc) is 2.46. The average molecular weight is 290 g/mol. The molecular weight excluding hydrogens is 274 g/mol. The Labute approximate surface area is 124 Å². The maximum Gasteiger partial charge on any atom is 0.408 e. The van der Waals surface area contributed by atoms with Crippen molar-refractivity contribution in [1.82, 2.24) is 4.90 Å². The molecular formula is C16H16ClNO2. The molecule has 0 bridgehead atoms. The third-order valence-corrected chi connectivity index (χ3v) is 3.64.